The maximum absolute atomic E-state index is 10.2. The molecule has 0 amide bonds. The van der Waals surface area contributed by atoms with Crippen LogP contribution in [0.3, 0.4) is 0 Å². The molecule has 0 aromatic carbocycles. The van der Waals surface area contributed by atoms with Gasteiger partial charge >= 0.3 is 0 Å². The minimum absolute atomic E-state index is 0.0266. The van der Waals surface area contributed by atoms with Crippen LogP contribution in [0.4, 0.5) is 0 Å². The SMILES string of the molecule is CC1[C@H](O)CC(=C/C=C2\CCC[C@]3(C)C([C@@H](C)CCCC(C)(C)O)CC[C@@H]23)C[C@H]1O. The lowest BCUT2D eigenvalue weighted by Crippen LogP contribution is -2.36. The fourth-order valence-corrected chi connectivity index (χ4v) is 6.88. The van der Waals surface area contributed by atoms with Crippen LogP contribution in [0.2, 0.25) is 0 Å². The van der Waals surface area contributed by atoms with Crippen LogP contribution < -0.4 is 0 Å². The van der Waals surface area contributed by atoms with Crippen LogP contribution in [0.5, 0.6) is 0 Å². The molecule has 3 heteroatoms. The Morgan fingerprint density at radius 1 is 1.13 bits per heavy atom. The Labute approximate surface area is 184 Å². The summed E-state index contributed by atoms with van der Waals surface area (Å²) < 4.78 is 0. The van der Waals surface area contributed by atoms with E-state index in [1.165, 1.54) is 44.1 Å². The first-order valence-corrected chi connectivity index (χ1v) is 12.5. The van der Waals surface area contributed by atoms with Gasteiger partial charge in [0.15, 0.2) is 0 Å². The second-order valence-electron chi connectivity index (χ2n) is 11.7. The minimum Gasteiger partial charge on any atom is -0.392 e. The van der Waals surface area contributed by atoms with Crippen molar-refractivity contribution in [1.29, 1.82) is 0 Å². The van der Waals surface area contributed by atoms with E-state index in [1.807, 2.05) is 20.8 Å². The van der Waals surface area contributed by atoms with E-state index in [1.54, 1.807) is 5.57 Å². The van der Waals surface area contributed by atoms with Crippen LogP contribution in [-0.4, -0.2) is 33.1 Å². The standard InChI is InChI=1S/C27H46O3/c1-18(8-6-14-26(3,4)30)22-12-13-23-21(9-7-15-27(22,23)5)11-10-20-16-24(28)19(2)25(29)17-20/h10-11,18-19,22-25,28-30H,6-9,12-17H2,1-5H3/b20-10?,21-11+/t18-,19?,22?,23-,24+,25+,27+/m0/s1. The molecule has 0 aromatic heterocycles. The van der Waals surface area contributed by atoms with Gasteiger partial charge in [-0.15, -0.1) is 0 Å². The summed E-state index contributed by atoms with van der Waals surface area (Å²) in [6, 6.07) is 0. The van der Waals surface area contributed by atoms with Crippen molar-refractivity contribution in [1.82, 2.24) is 0 Å². The number of hydrogen-bond acceptors (Lipinski definition) is 3. The minimum atomic E-state index is -0.547. The number of allylic oxidation sites excluding steroid dienone is 3. The van der Waals surface area contributed by atoms with Crippen LogP contribution in [0, 0.1) is 29.1 Å². The first-order chi connectivity index (χ1) is 14.0. The van der Waals surface area contributed by atoms with Crippen molar-refractivity contribution in [3.05, 3.63) is 23.3 Å². The molecule has 3 nitrogen and oxygen atoms in total. The molecule has 172 valence electrons. The molecule has 0 saturated heterocycles. The fourth-order valence-electron chi connectivity index (χ4n) is 6.88. The molecule has 3 fully saturated rings. The van der Waals surface area contributed by atoms with Crippen molar-refractivity contribution in [2.45, 2.75) is 117 Å². The average molecular weight is 419 g/mol. The summed E-state index contributed by atoms with van der Waals surface area (Å²) in [6.07, 6.45) is 14.8. The van der Waals surface area contributed by atoms with Crippen LogP contribution in [0.25, 0.3) is 0 Å². The molecule has 30 heavy (non-hydrogen) atoms. The Balaban J connectivity index is 1.67. The maximum atomic E-state index is 10.2. The Bertz CT molecular complexity index is 629. The quantitative estimate of drug-likeness (QED) is 0.512. The summed E-state index contributed by atoms with van der Waals surface area (Å²) in [5.74, 6) is 2.15. The Kier molecular flexibility index (Phi) is 7.58. The molecule has 0 radical (unpaired) electrons. The van der Waals surface area contributed by atoms with Crippen molar-refractivity contribution >= 4 is 0 Å². The van der Waals surface area contributed by atoms with E-state index in [0.29, 0.717) is 30.1 Å². The molecule has 3 N–H and O–H groups in total. The number of aliphatic hydroxyl groups is 3. The van der Waals surface area contributed by atoms with E-state index in [0.717, 1.165) is 18.8 Å². The van der Waals surface area contributed by atoms with Gasteiger partial charge in [0, 0.05) is 5.92 Å². The zero-order valence-electron chi connectivity index (χ0n) is 20.0. The normalized spacial score (nSPS) is 39.8. The maximum Gasteiger partial charge on any atom is 0.0627 e. The molecule has 0 bridgehead atoms. The molecule has 3 aliphatic rings. The van der Waals surface area contributed by atoms with Crippen molar-refractivity contribution < 1.29 is 15.3 Å². The Hall–Kier alpha value is -0.640. The second kappa shape index (κ2) is 9.46. The highest BCUT2D eigenvalue weighted by Crippen LogP contribution is 2.60. The van der Waals surface area contributed by atoms with Crippen LogP contribution in [-0.2, 0) is 0 Å². The molecule has 0 aliphatic heterocycles. The van der Waals surface area contributed by atoms with Crippen molar-refractivity contribution in [2.24, 2.45) is 29.1 Å². The summed E-state index contributed by atoms with van der Waals surface area (Å²) in [5.41, 5.74) is 2.65. The first-order valence-electron chi connectivity index (χ1n) is 12.5. The highest BCUT2D eigenvalue weighted by atomic mass is 16.3. The van der Waals surface area contributed by atoms with E-state index >= 15 is 0 Å². The molecular weight excluding hydrogens is 372 g/mol. The average Bonchev–Trinajstić information content (AvgIpc) is 3.00. The fraction of sp³-hybridized carbons (Fsp3) is 0.852. The Morgan fingerprint density at radius 3 is 2.43 bits per heavy atom. The topological polar surface area (TPSA) is 60.7 Å². The van der Waals surface area contributed by atoms with Crippen molar-refractivity contribution in [3.63, 3.8) is 0 Å². The van der Waals surface area contributed by atoms with Gasteiger partial charge in [-0.05, 0) is 88.4 Å². The summed E-state index contributed by atoms with van der Waals surface area (Å²) in [6.45, 7) is 10.8. The highest BCUT2D eigenvalue weighted by molar-refractivity contribution is 5.26. The first kappa shape index (κ1) is 24.0. The van der Waals surface area contributed by atoms with E-state index in [-0.39, 0.29) is 5.92 Å². The number of fused-ring (bicyclic) bond motifs is 1. The third-order valence-corrected chi connectivity index (χ3v) is 8.86. The zero-order valence-corrected chi connectivity index (χ0v) is 20.0. The summed E-state index contributed by atoms with van der Waals surface area (Å²) in [5, 5.41) is 30.5. The van der Waals surface area contributed by atoms with E-state index in [2.05, 4.69) is 26.0 Å². The van der Waals surface area contributed by atoms with Crippen LogP contribution in [0.15, 0.2) is 23.3 Å². The monoisotopic (exact) mass is 418 g/mol. The van der Waals surface area contributed by atoms with E-state index in [9.17, 15) is 15.3 Å². The summed E-state index contributed by atoms with van der Waals surface area (Å²) in [7, 11) is 0. The van der Waals surface area contributed by atoms with Crippen molar-refractivity contribution in [3.8, 4) is 0 Å². The third-order valence-electron chi connectivity index (χ3n) is 8.86. The molecule has 3 saturated carbocycles. The predicted molar refractivity (Wildman–Crippen MR) is 124 cm³/mol. The number of rotatable bonds is 6. The largest absolute Gasteiger partial charge is 0.392 e. The smallest absolute Gasteiger partial charge is 0.0627 e. The molecule has 0 spiro atoms. The van der Waals surface area contributed by atoms with Gasteiger partial charge in [0.1, 0.15) is 0 Å². The van der Waals surface area contributed by atoms with Crippen LogP contribution >= 0.6 is 0 Å². The van der Waals surface area contributed by atoms with Gasteiger partial charge in [0.2, 0.25) is 0 Å². The second-order valence-corrected chi connectivity index (χ2v) is 11.7. The predicted octanol–water partition coefficient (Wildman–Crippen LogP) is 5.78. The molecule has 3 rings (SSSR count). The van der Waals surface area contributed by atoms with Gasteiger partial charge in [0.05, 0.1) is 17.8 Å². The lowest BCUT2D eigenvalue weighted by atomic mass is 9.60. The van der Waals surface area contributed by atoms with Gasteiger partial charge in [-0.2, -0.15) is 0 Å². The van der Waals surface area contributed by atoms with E-state index < -0.39 is 17.8 Å². The van der Waals surface area contributed by atoms with Gasteiger partial charge in [-0.3, -0.25) is 0 Å². The molecular formula is C27H46O3. The summed E-state index contributed by atoms with van der Waals surface area (Å²) >= 11 is 0. The number of hydrogen-bond donors (Lipinski definition) is 3. The van der Waals surface area contributed by atoms with Gasteiger partial charge in [0.25, 0.3) is 0 Å². The Morgan fingerprint density at radius 2 is 1.80 bits per heavy atom. The van der Waals surface area contributed by atoms with Crippen molar-refractivity contribution in [2.75, 3.05) is 0 Å². The van der Waals surface area contributed by atoms with Crippen LogP contribution in [0.1, 0.15) is 98.8 Å². The summed E-state index contributed by atoms with van der Waals surface area (Å²) in [4.78, 5) is 0. The highest BCUT2D eigenvalue weighted by Gasteiger charge is 2.50. The number of aliphatic hydroxyl groups excluding tert-OH is 2. The molecule has 3 aliphatic carbocycles. The van der Waals surface area contributed by atoms with Gasteiger partial charge in [-0.1, -0.05) is 56.9 Å². The lowest BCUT2D eigenvalue weighted by Gasteiger charge is -2.44. The van der Waals surface area contributed by atoms with E-state index in [4.69, 9.17) is 0 Å². The lowest BCUT2D eigenvalue weighted by molar-refractivity contribution is 0.00406. The van der Waals surface area contributed by atoms with Gasteiger partial charge < -0.3 is 15.3 Å². The zero-order chi connectivity index (χ0) is 22.1. The molecule has 6 atom stereocenters. The molecule has 1 unspecified atom stereocenters. The molecule has 0 aromatic rings. The molecule has 0 heterocycles. The van der Waals surface area contributed by atoms with Gasteiger partial charge in [-0.25, -0.2) is 0 Å². The third kappa shape index (κ3) is 5.40.